The van der Waals surface area contributed by atoms with Crippen LogP contribution in [0, 0.1) is 20.2 Å². The van der Waals surface area contributed by atoms with Crippen LogP contribution in [-0.4, -0.2) is 28.6 Å². The Labute approximate surface area is 149 Å². The molecule has 1 aromatic rings. The van der Waals surface area contributed by atoms with Gasteiger partial charge in [-0.15, -0.1) is 6.58 Å². The Morgan fingerprint density at radius 3 is 2.54 bits per heavy atom. The highest BCUT2D eigenvalue weighted by atomic mass is 16.7. The van der Waals surface area contributed by atoms with Gasteiger partial charge in [0, 0.05) is 12.5 Å². The number of methoxy groups -OCH3 is 1. The van der Waals surface area contributed by atoms with Crippen LogP contribution in [0.4, 0.5) is 11.4 Å². The first-order chi connectivity index (χ1) is 12.4. The average Bonchev–Trinajstić information content (AvgIpc) is 2.62. The summed E-state index contributed by atoms with van der Waals surface area (Å²) in [6, 6.07) is 3.03. The van der Waals surface area contributed by atoms with Crippen LogP contribution in [0.15, 0.2) is 36.0 Å². The molecule has 1 rings (SSSR count). The molecule has 140 valence electrons. The van der Waals surface area contributed by atoms with Crippen LogP contribution in [0.3, 0.4) is 0 Å². The second-order valence-electron chi connectivity index (χ2n) is 5.17. The van der Waals surface area contributed by atoms with Crippen molar-refractivity contribution < 1.29 is 24.2 Å². The number of nitro groups is 2. The van der Waals surface area contributed by atoms with E-state index in [2.05, 4.69) is 16.5 Å². The highest BCUT2D eigenvalue weighted by Crippen LogP contribution is 2.31. The van der Waals surface area contributed by atoms with Gasteiger partial charge in [-0.1, -0.05) is 11.2 Å². The third-order valence-corrected chi connectivity index (χ3v) is 3.33. The summed E-state index contributed by atoms with van der Waals surface area (Å²) < 4.78 is 4.56. The Kier molecular flexibility index (Phi) is 8.41. The first-order valence-electron chi connectivity index (χ1n) is 7.72. The topological polar surface area (TPSA) is 134 Å². The van der Waals surface area contributed by atoms with E-state index in [1.807, 2.05) is 0 Å². The number of ether oxygens (including phenoxy) is 1. The lowest BCUT2D eigenvalue weighted by Gasteiger charge is -2.06. The number of carbonyl (C=O) groups is 1. The second kappa shape index (κ2) is 10.5. The van der Waals surface area contributed by atoms with Gasteiger partial charge in [0.15, 0.2) is 0 Å². The van der Waals surface area contributed by atoms with Crippen LogP contribution < -0.4 is 4.84 Å². The van der Waals surface area contributed by atoms with Crippen molar-refractivity contribution in [1.82, 2.24) is 0 Å². The van der Waals surface area contributed by atoms with Crippen LogP contribution in [-0.2, 0) is 9.53 Å². The number of nitrogens with zero attached hydrogens (tertiary/aromatic N) is 3. The zero-order chi connectivity index (χ0) is 19.5. The summed E-state index contributed by atoms with van der Waals surface area (Å²) in [5.74, 6) is -0.551. The lowest BCUT2D eigenvalue weighted by Crippen LogP contribution is -2.05. The number of hydrogen-bond donors (Lipinski definition) is 0. The van der Waals surface area contributed by atoms with E-state index in [1.165, 1.54) is 7.11 Å². The zero-order valence-corrected chi connectivity index (χ0v) is 14.3. The molecule has 0 aliphatic carbocycles. The first kappa shape index (κ1) is 20.7. The Morgan fingerprint density at radius 1 is 1.23 bits per heavy atom. The van der Waals surface area contributed by atoms with Crippen molar-refractivity contribution in [3.05, 3.63) is 51.1 Å². The maximum absolute atomic E-state index is 11.2. The Morgan fingerprint density at radius 2 is 1.96 bits per heavy atom. The molecule has 0 fully saturated rings. The molecule has 0 bridgehead atoms. The summed E-state index contributed by atoms with van der Waals surface area (Å²) in [4.78, 5) is 36.6. The van der Waals surface area contributed by atoms with Gasteiger partial charge >= 0.3 is 11.7 Å². The first-order valence-corrected chi connectivity index (χ1v) is 7.72. The molecule has 0 saturated carbocycles. The van der Waals surface area contributed by atoms with Gasteiger partial charge in [0.25, 0.3) is 5.69 Å². The largest absolute Gasteiger partial charge is 0.469 e. The number of nitro benzene ring substituents is 2. The molecular weight excluding hydrogens is 346 g/mol. The standard InChI is InChI=1S/C16H19N3O7/c1-3-4-6-12(7-5-8-16(20)25-2)17-26-15-10-9-13(18(21)22)11-14(15)19(23)24/h3,9-11H,1,4-8H2,2H3/b17-12+. The van der Waals surface area contributed by atoms with Gasteiger partial charge in [0.05, 0.1) is 28.7 Å². The third kappa shape index (κ3) is 6.67. The van der Waals surface area contributed by atoms with Crippen molar-refractivity contribution in [3.8, 4) is 5.75 Å². The number of non-ortho nitro benzene ring substituents is 1. The van der Waals surface area contributed by atoms with Crippen molar-refractivity contribution in [2.45, 2.75) is 32.1 Å². The van der Waals surface area contributed by atoms with E-state index in [1.54, 1.807) is 6.08 Å². The molecule has 0 radical (unpaired) electrons. The molecule has 0 aromatic heterocycles. The van der Waals surface area contributed by atoms with Crippen LogP contribution in [0.25, 0.3) is 0 Å². The monoisotopic (exact) mass is 365 g/mol. The van der Waals surface area contributed by atoms with Crippen molar-refractivity contribution in [3.63, 3.8) is 0 Å². The lowest BCUT2D eigenvalue weighted by atomic mass is 10.1. The van der Waals surface area contributed by atoms with E-state index in [-0.39, 0.29) is 18.1 Å². The Bertz CT molecular complexity index is 716. The normalized spacial score (nSPS) is 10.9. The van der Waals surface area contributed by atoms with E-state index in [0.717, 1.165) is 18.2 Å². The quantitative estimate of drug-likeness (QED) is 0.192. The zero-order valence-electron chi connectivity index (χ0n) is 14.3. The van der Waals surface area contributed by atoms with Gasteiger partial charge in [0.2, 0.25) is 5.75 Å². The van der Waals surface area contributed by atoms with Crippen LogP contribution in [0.2, 0.25) is 0 Å². The van der Waals surface area contributed by atoms with E-state index >= 15 is 0 Å². The lowest BCUT2D eigenvalue weighted by molar-refractivity contribution is -0.394. The molecule has 0 N–H and O–H groups in total. The third-order valence-electron chi connectivity index (χ3n) is 3.33. The van der Waals surface area contributed by atoms with Crippen molar-refractivity contribution >= 4 is 23.1 Å². The highest BCUT2D eigenvalue weighted by Gasteiger charge is 2.21. The van der Waals surface area contributed by atoms with Crippen LogP contribution in [0.1, 0.15) is 32.1 Å². The maximum atomic E-state index is 11.2. The molecule has 0 aliphatic rings. The van der Waals surface area contributed by atoms with E-state index < -0.39 is 21.2 Å². The molecule has 0 atom stereocenters. The van der Waals surface area contributed by atoms with E-state index in [0.29, 0.717) is 31.4 Å². The molecule has 0 spiro atoms. The minimum Gasteiger partial charge on any atom is -0.469 e. The number of oxime groups is 1. The molecule has 10 heteroatoms. The molecular formula is C16H19N3O7. The van der Waals surface area contributed by atoms with E-state index in [9.17, 15) is 25.0 Å². The fraction of sp³-hybridized carbons (Fsp3) is 0.375. The second-order valence-corrected chi connectivity index (χ2v) is 5.17. The molecule has 26 heavy (non-hydrogen) atoms. The summed E-state index contributed by atoms with van der Waals surface area (Å²) >= 11 is 0. The summed E-state index contributed by atoms with van der Waals surface area (Å²) in [5, 5.41) is 25.7. The summed E-state index contributed by atoms with van der Waals surface area (Å²) in [6.45, 7) is 3.61. The minimum absolute atomic E-state index is 0.204. The van der Waals surface area contributed by atoms with Gasteiger partial charge in [-0.05, 0) is 31.7 Å². The predicted molar refractivity (Wildman–Crippen MR) is 93.1 cm³/mol. The van der Waals surface area contributed by atoms with E-state index in [4.69, 9.17) is 4.84 Å². The molecule has 0 aliphatic heterocycles. The number of esters is 1. The van der Waals surface area contributed by atoms with Crippen molar-refractivity contribution in [1.29, 1.82) is 0 Å². The number of benzene rings is 1. The number of rotatable bonds is 11. The van der Waals surface area contributed by atoms with Crippen LogP contribution >= 0.6 is 0 Å². The molecule has 10 nitrogen and oxygen atoms in total. The Balaban J connectivity index is 2.92. The molecule has 1 aromatic carbocycles. The number of hydrogen-bond acceptors (Lipinski definition) is 8. The van der Waals surface area contributed by atoms with Crippen LogP contribution in [0.5, 0.6) is 5.75 Å². The Hall–Kier alpha value is -3.30. The minimum atomic E-state index is -0.779. The van der Waals surface area contributed by atoms with Crippen molar-refractivity contribution in [2.24, 2.45) is 5.16 Å². The SMILES string of the molecule is C=CCC/C(CCCC(=O)OC)=N\Oc1ccc([N+](=O)[O-])cc1[N+](=O)[O-]. The maximum Gasteiger partial charge on any atom is 0.321 e. The summed E-state index contributed by atoms with van der Waals surface area (Å²) in [6.07, 6.45) is 3.93. The predicted octanol–water partition coefficient (Wildman–Crippen LogP) is 3.55. The summed E-state index contributed by atoms with van der Waals surface area (Å²) in [5.41, 5.74) is -0.389. The van der Waals surface area contributed by atoms with Gasteiger partial charge in [-0.3, -0.25) is 25.0 Å². The molecule has 0 amide bonds. The summed E-state index contributed by atoms with van der Waals surface area (Å²) in [7, 11) is 1.30. The fourth-order valence-corrected chi connectivity index (χ4v) is 1.98. The van der Waals surface area contributed by atoms with Gasteiger partial charge in [-0.25, -0.2) is 0 Å². The smallest absolute Gasteiger partial charge is 0.321 e. The number of allylic oxidation sites excluding steroid dienone is 1. The molecule has 0 heterocycles. The average molecular weight is 365 g/mol. The van der Waals surface area contributed by atoms with Gasteiger partial charge in [-0.2, -0.15) is 0 Å². The van der Waals surface area contributed by atoms with Gasteiger partial charge in [0.1, 0.15) is 0 Å². The fourth-order valence-electron chi connectivity index (χ4n) is 1.98. The molecule has 0 unspecified atom stereocenters. The number of carbonyl (C=O) groups excluding carboxylic acids is 1. The van der Waals surface area contributed by atoms with Gasteiger partial charge < -0.3 is 9.57 Å². The molecule has 0 saturated heterocycles. The highest BCUT2D eigenvalue weighted by molar-refractivity contribution is 5.84. The van der Waals surface area contributed by atoms with Crippen molar-refractivity contribution in [2.75, 3.05) is 7.11 Å².